The van der Waals surface area contributed by atoms with E-state index >= 15 is 0 Å². The van der Waals surface area contributed by atoms with Crippen LogP contribution in [0.3, 0.4) is 0 Å². The Morgan fingerprint density at radius 2 is 1.71 bits per heavy atom. The third kappa shape index (κ3) is 7.25. The van der Waals surface area contributed by atoms with Crippen LogP contribution >= 0.6 is 7.82 Å². The molecule has 1 atom stereocenters. The van der Waals surface area contributed by atoms with Gasteiger partial charge in [0.15, 0.2) is 0 Å². The molecule has 2 N–H and O–H groups in total. The van der Waals surface area contributed by atoms with Crippen LogP contribution in [-0.4, -0.2) is 33.2 Å². The van der Waals surface area contributed by atoms with E-state index in [0.29, 0.717) is 28.4 Å². The van der Waals surface area contributed by atoms with Crippen molar-refractivity contribution in [2.45, 2.75) is 53.1 Å². The summed E-state index contributed by atoms with van der Waals surface area (Å²) in [4.78, 5) is 33.5. The lowest BCUT2D eigenvalue weighted by Gasteiger charge is -2.29. The van der Waals surface area contributed by atoms with Gasteiger partial charge in [0, 0.05) is 40.2 Å². The molecule has 0 radical (unpaired) electrons. The molecule has 9 nitrogen and oxygen atoms in total. The first kappa shape index (κ1) is 33.9. The molecule has 0 saturated carbocycles. The lowest BCUT2D eigenvalue weighted by atomic mass is 9.78. The Bertz CT molecular complexity index is 2190. The van der Waals surface area contributed by atoms with E-state index in [9.17, 15) is 14.3 Å². The van der Waals surface area contributed by atoms with E-state index in [1.807, 2.05) is 101 Å². The number of phosphoric acid groups is 1. The second kappa shape index (κ2) is 13.5. The Kier molecular flexibility index (Phi) is 9.36. The normalized spacial score (nSPS) is 15.3. The van der Waals surface area contributed by atoms with Gasteiger partial charge < -0.3 is 14.2 Å². The van der Waals surface area contributed by atoms with Gasteiger partial charge in [0.05, 0.1) is 30.6 Å². The van der Waals surface area contributed by atoms with Gasteiger partial charge in [-0.3, -0.25) is 18.8 Å². The van der Waals surface area contributed by atoms with Gasteiger partial charge in [-0.1, -0.05) is 74.5 Å². The van der Waals surface area contributed by atoms with E-state index in [1.54, 1.807) is 35.9 Å². The number of nitrogens with one attached hydrogen (secondary N) is 1. The lowest BCUT2D eigenvalue weighted by Crippen LogP contribution is -2.28. The second-order valence-electron chi connectivity index (χ2n) is 12.9. The zero-order valence-corrected chi connectivity index (χ0v) is 29.4. The molecule has 5 aromatic rings. The van der Waals surface area contributed by atoms with Crippen LogP contribution in [0.5, 0.6) is 5.75 Å². The van der Waals surface area contributed by atoms with Gasteiger partial charge in [-0.15, -0.1) is 0 Å². The number of rotatable bonds is 11. The fraction of sp³-hybridized carbons (Fsp3) is 0.231. The smallest absolute Gasteiger partial charge is 0.494 e. The fourth-order valence-electron chi connectivity index (χ4n) is 6.47. The summed E-state index contributed by atoms with van der Waals surface area (Å²) in [5, 5.41) is 0.892. The summed E-state index contributed by atoms with van der Waals surface area (Å²) in [5.74, 6) is 0.605. The Balaban J connectivity index is 1.33. The van der Waals surface area contributed by atoms with Crippen molar-refractivity contribution in [1.82, 2.24) is 9.55 Å². The Morgan fingerprint density at radius 3 is 2.43 bits per heavy atom. The number of carbonyl (C=O) groups is 1. The molecule has 2 aromatic heterocycles. The molecule has 1 aliphatic rings. The molecule has 6 rings (SSSR count). The third-order valence-electron chi connectivity index (χ3n) is 8.63. The number of aromatic nitrogens is 2. The van der Waals surface area contributed by atoms with Crippen molar-refractivity contribution in [3.8, 4) is 5.75 Å². The molecule has 1 unspecified atom stereocenters. The summed E-state index contributed by atoms with van der Waals surface area (Å²) in [5.41, 5.74) is 7.08. The predicted molar refractivity (Wildman–Crippen MR) is 193 cm³/mol. The van der Waals surface area contributed by atoms with Gasteiger partial charge in [0.25, 0.3) is 0 Å². The zero-order chi connectivity index (χ0) is 34.9. The number of hydrogen-bond donors (Lipinski definition) is 2. The monoisotopic (exact) mass is 677 g/mol. The number of aliphatic imine (C=N–C) groups is 1. The van der Waals surface area contributed by atoms with Crippen molar-refractivity contribution in [2.24, 2.45) is 4.99 Å². The summed E-state index contributed by atoms with van der Waals surface area (Å²) < 4.78 is 31.6. The Labute approximate surface area is 286 Å². The summed E-state index contributed by atoms with van der Waals surface area (Å²) >= 11 is 0. The highest BCUT2D eigenvalue weighted by Gasteiger charge is 2.34. The number of methoxy groups -OCH3 is 1. The van der Waals surface area contributed by atoms with Crippen molar-refractivity contribution in [3.05, 3.63) is 142 Å². The largest absolute Gasteiger partial charge is 0.527 e. The molecule has 3 heterocycles. The molecule has 10 heteroatoms. The van der Waals surface area contributed by atoms with E-state index in [0.717, 1.165) is 39.0 Å². The van der Waals surface area contributed by atoms with E-state index < -0.39 is 13.2 Å². The van der Waals surface area contributed by atoms with Crippen LogP contribution in [0, 0.1) is 20.8 Å². The molecule has 252 valence electrons. The molecule has 0 bridgehead atoms. The maximum absolute atomic E-state index is 14.5. The first-order valence-corrected chi connectivity index (χ1v) is 17.5. The number of nitrogens with zero attached hydrogens (tertiary/aromatic N) is 2. The van der Waals surface area contributed by atoms with Gasteiger partial charge >= 0.3 is 7.82 Å². The van der Waals surface area contributed by atoms with Crippen molar-refractivity contribution in [2.75, 3.05) is 7.11 Å². The minimum Gasteiger partial charge on any atom is -0.494 e. The van der Waals surface area contributed by atoms with Gasteiger partial charge in [-0.05, 0) is 67.8 Å². The Hall–Kier alpha value is -4.95. The number of para-hydroxylation sites is 1. The number of carbonyl (C=O) groups excluding carboxylic acids is 1. The van der Waals surface area contributed by atoms with Crippen molar-refractivity contribution >= 4 is 36.4 Å². The van der Waals surface area contributed by atoms with Gasteiger partial charge in [-0.25, -0.2) is 9.56 Å². The number of H-pyrrole nitrogens is 1. The van der Waals surface area contributed by atoms with Gasteiger partial charge in [-0.2, -0.15) is 0 Å². The van der Waals surface area contributed by atoms with Crippen LogP contribution < -0.4 is 4.52 Å². The second-order valence-corrected chi connectivity index (χ2v) is 14.3. The van der Waals surface area contributed by atoms with E-state index in [4.69, 9.17) is 18.8 Å². The van der Waals surface area contributed by atoms with Crippen molar-refractivity contribution in [3.63, 3.8) is 0 Å². The highest BCUT2D eigenvalue weighted by Crippen LogP contribution is 2.48. The van der Waals surface area contributed by atoms with Gasteiger partial charge in [0.2, 0.25) is 5.91 Å². The average molecular weight is 678 g/mol. The van der Waals surface area contributed by atoms with Gasteiger partial charge in [0.1, 0.15) is 17.2 Å². The first-order valence-electron chi connectivity index (χ1n) is 16.0. The highest BCUT2D eigenvalue weighted by molar-refractivity contribution is 7.47. The molecule has 0 aliphatic carbocycles. The van der Waals surface area contributed by atoms with Crippen molar-refractivity contribution in [1.29, 1.82) is 0 Å². The average Bonchev–Trinajstić information content (AvgIpc) is 3.74. The summed E-state index contributed by atoms with van der Waals surface area (Å²) in [6.45, 7) is 9.69. The SMILES string of the molecule is COC1=CC(c2cc3ccccc3n2C(=O)CC(C)(C)c2c(C)cccc2OP(=O)(O)OCc2ccccc2)=N/C1=C/c1[nH]c(C)cc1C. The highest BCUT2D eigenvalue weighted by atomic mass is 31.2. The van der Waals surface area contributed by atoms with Crippen molar-refractivity contribution < 1.29 is 28.0 Å². The molecule has 0 spiro atoms. The third-order valence-corrected chi connectivity index (χ3v) is 9.51. The van der Waals surface area contributed by atoms with E-state index in [1.165, 1.54) is 0 Å². The molecule has 49 heavy (non-hydrogen) atoms. The number of allylic oxidation sites excluding steroid dienone is 1. The molecule has 0 saturated heterocycles. The number of phosphoric ester groups is 1. The topological polar surface area (TPSA) is 115 Å². The van der Waals surface area contributed by atoms with Crippen LogP contribution in [0.15, 0.2) is 107 Å². The first-order chi connectivity index (χ1) is 23.3. The number of ether oxygens (including phenoxy) is 1. The number of hydrogen-bond acceptors (Lipinski definition) is 6. The number of benzene rings is 3. The Morgan fingerprint density at radius 1 is 0.980 bits per heavy atom. The summed E-state index contributed by atoms with van der Waals surface area (Å²) in [6, 6.07) is 26.1. The van der Waals surface area contributed by atoms with E-state index in [-0.39, 0.29) is 24.7 Å². The number of fused-ring (bicyclic) bond motifs is 1. The van der Waals surface area contributed by atoms with Crippen LogP contribution in [0.25, 0.3) is 17.0 Å². The van der Waals surface area contributed by atoms with Crippen LogP contribution in [0.2, 0.25) is 0 Å². The minimum absolute atomic E-state index is 0.0538. The standard InChI is InChI=1S/C39H40N3O6P/c1-25-13-12-18-35(48-49(44,45)47-24-28-14-8-7-9-15-28)38(25)39(4,5)23-37(43)42-33-17-11-10-16-29(33)20-34(42)31-22-36(46-6)32(41-31)21-30-26(2)19-27(3)40-30/h7-22,40H,23-24H2,1-6H3,(H,44,45)/b32-21+. The summed E-state index contributed by atoms with van der Waals surface area (Å²) in [7, 11) is -2.90. The van der Waals surface area contributed by atoms with Crippen LogP contribution in [0.4, 0.5) is 0 Å². The lowest BCUT2D eigenvalue weighted by molar-refractivity contribution is 0.0881. The number of aryl methyl sites for hydroxylation is 3. The van der Waals surface area contributed by atoms with E-state index in [2.05, 4.69) is 11.1 Å². The molecule has 1 aliphatic heterocycles. The summed E-state index contributed by atoms with van der Waals surface area (Å²) in [6.07, 6.45) is 3.85. The maximum atomic E-state index is 14.5. The van der Waals surface area contributed by atoms with Crippen LogP contribution in [0.1, 0.15) is 64.4 Å². The maximum Gasteiger partial charge on any atom is 0.527 e. The van der Waals surface area contributed by atoms with Crippen LogP contribution in [-0.2, 0) is 25.8 Å². The molecule has 0 fully saturated rings. The molecular formula is C39H40N3O6P. The fourth-order valence-corrected chi connectivity index (χ4v) is 7.24. The minimum atomic E-state index is -4.51. The molecular weight excluding hydrogens is 637 g/mol. The predicted octanol–water partition coefficient (Wildman–Crippen LogP) is 8.97. The number of aromatic amines is 1. The zero-order valence-electron chi connectivity index (χ0n) is 28.5. The quantitative estimate of drug-likeness (QED) is 0.135. The molecule has 3 aromatic carbocycles. The molecule has 0 amide bonds.